The van der Waals surface area contributed by atoms with Gasteiger partial charge in [-0.25, -0.2) is 4.79 Å². The molecule has 1 atom stereocenters. The fourth-order valence-corrected chi connectivity index (χ4v) is 2.35. The van der Waals surface area contributed by atoms with Crippen LogP contribution in [-0.2, 0) is 4.74 Å². The van der Waals surface area contributed by atoms with Crippen LogP contribution in [0, 0.1) is 0 Å². The summed E-state index contributed by atoms with van der Waals surface area (Å²) in [6.07, 6.45) is -1.14. The Balaban J connectivity index is 2.53. The number of hydrogen-bond acceptors (Lipinski definition) is 5. The SMILES string of the molecule is CCNC(=NCC(O)c1cccc(OC(C)C)c1)NCCNC(=O)OC(C)(C)C. The van der Waals surface area contributed by atoms with Crippen LogP contribution in [0.3, 0.4) is 0 Å². The number of benzene rings is 1. The number of aliphatic imine (C=N–C) groups is 1. The van der Waals surface area contributed by atoms with E-state index in [-0.39, 0.29) is 12.6 Å². The van der Waals surface area contributed by atoms with Crippen LogP contribution >= 0.6 is 0 Å². The first-order valence-electron chi connectivity index (χ1n) is 10.0. The summed E-state index contributed by atoms with van der Waals surface area (Å²) < 4.78 is 10.9. The lowest BCUT2D eigenvalue weighted by Gasteiger charge is -2.20. The number of aliphatic hydroxyl groups is 1. The molecule has 0 saturated carbocycles. The standard InChI is InChI=1S/C21H36N4O4/c1-7-22-19(23-11-12-24-20(27)29-21(4,5)6)25-14-18(26)16-9-8-10-17(13-16)28-15(2)3/h8-10,13,15,18,26H,7,11-12,14H2,1-6H3,(H,24,27)(H2,22,23,25). The summed E-state index contributed by atoms with van der Waals surface area (Å²) >= 11 is 0. The van der Waals surface area contributed by atoms with Crippen LogP contribution in [0.15, 0.2) is 29.3 Å². The van der Waals surface area contributed by atoms with E-state index in [1.165, 1.54) is 0 Å². The summed E-state index contributed by atoms with van der Waals surface area (Å²) in [6, 6.07) is 7.39. The van der Waals surface area contributed by atoms with E-state index >= 15 is 0 Å². The molecule has 1 aromatic carbocycles. The van der Waals surface area contributed by atoms with Crippen molar-refractivity contribution >= 4 is 12.1 Å². The van der Waals surface area contributed by atoms with Gasteiger partial charge in [-0.2, -0.15) is 0 Å². The Labute approximate surface area is 174 Å². The van der Waals surface area contributed by atoms with Crippen molar-refractivity contribution in [2.45, 2.75) is 59.4 Å². The molecule has 1 aromatic rings. The summed E-state index contributed by atoms with van der Waals surface area (Å²) in [5.41, 5.74) is 0.219. The van der Waals surface area contributed by atoms with Gasteiger partial charge in [-0.15, -0.1) is 0 Å². The van der Waals surface area contributed by atoms with Crippen LogP contribution in [0.25, 0.3) is 0 Å². The molecule has 0 radical (unpaired) electrons. The Morgan fingerprint density at radius 1 is 1.17 bits per heavy atom. The summed E-state index contributed by atoms with van der Waals surface area (Å²) in [5.74, 6) is 1.28. The number of carbonyl (C=O) groups excluding carboxylic acids is 1. The van der Waals surface area contributed by atoms with Gasteiger partial charge in [0.1, 0.15) is 11.4 Å². The number of rotatable bonds is 9. The first-order chi connectivity index (χ1) is 13.6. The fourth-order valence-electron chi connectivity index (χ4n) is 2.35. The maximum atomic E-state index is 11.6. The molecule has 1 amide bonds. The molecule has 0 aliphatic rings. The van der Waals surface area contributed by atoms with Gasteiger partial charge in [0.2, 0.25) is 0 Å². The maximum absolute atomic E-state index is 11.6. The second-order valence-corrected chi connectivity index (χ2v) is 7.83. The van der Waals surface area contributed by atoms with E-state index in [1.54, 1.807) is 0 Å². The monoisotopic (exact) mass is 408 g/mol. The van der Waals surface area contributed by atoms with Gasteiger partial charge >= 0.3 is 6.09 Å². The molecule has 8 heteroatoms. The zero-order chi connectivity index (χ0) is 21.9. The Hall–Kier alpha value is -2.48. The van der Waals surface area contributed by atoms with E-state index in [0.29, 0.717) is 25.6 Å². The lowest BCUT2D eigenvalue weighted by molar-refractivity contribution is 0.0529. The van der Waals surface area contributed by atoms with Crippen molar-refractivity contribution in [3.05, 3.63) is 29.8 Å². The number of nitrogens with one attached hydrogen (secondary N) is 3. The topological polar surface area (TPSA) is 104 Å². The van der Waals surface area contributed by atoms with Crippen molar-refractivity contribution in [3.8, 4) is 5.75 Å². The van der Waals surface area contributed by atoms with Crippen molar-refractivity contribution in [1.82, 2.24) is 16.0 Å². The number of hydrogen-bond donors (Lipinski definition) is 4. The molecule has 0 aromatic heterocycles. The first-order valence-corrected chi connectivity index (χ1v) is 10.0. The Kier molecular flexibility index (Phi) is 10.3. The van der Waals surface area contributed by atoms with E-state index in [4.69, 9.17) is 9.47 Å². The molecule has 0 aliphatic carbocycles. The molecule has 1 rings (SSSR count). The van der Waals surface area contributed by atoms with E-state index in [1.807, 2.05) is 65.8 Å². The number of alkyl carbamates (subject to hydrolysis) is 1. The van der Waals surface area contributed by atoms with Crippen molar-refractivity contribution < 1.29 is 19.4 Å². The molecular formula is C21H36N4O4. The lowest BCUT2D eigenvalue weighted by atomic mass is 10.1. The maximum Gasteiger partial charge on any atom is 0.407 e. The third kappa shape index (κ3) is 11.2. The van der Waals surface area contributed by atoms with Crippen LogP contribution in [0.2, 0.25) is 0 Å². The van der Waals surface area contributed by atoms with Gasteiger partial charge in [-0.1, -0.05) is 12.1 Å². The molecule has 0 bridgehead atoms. The summed E-state index contributed by atoms with van der Waals surface area (Å²) in [5, 5.41) is 19.4. The van der Waals surface area contributed by atoms with Crippen molar-refractivity contribution in [2.75, 3.05) is 26.2 Å². The minimum atomic E-state index is -0.749. The number of aliphatic hydroxyl groups excluding tert-OH is 1. The average Bonchev–Trinajstić information content (AvgIpc) is 2.61. The van der Waals surface area contributed by atoms with Gasteiger partial charge in [0.25, 0.3) is 0 Å². The molecule has 4 N–H and O–H groups in total. The summed E-state index contributed by atoms with van der Waals surface area (Å²) in [7, 11) is 0. The smallest absolute Gasteiger partial charge is 0.407 e. The molecule has 0 fully saturated rings. The third-order valence-electron chi connectivity index (χ3n) is 3.47. The Bertz CT molecular complexity index is 656. The van der Waals surface area contributed by atoms with Gasteiger partial charge < -0.3 is 30.5 Å². The van der Waals surface area contributed by atoms with E-state index in [9.17, 15) is 9.90 Å². The van der Waals surface area contributed by atoms with E-state index in [2.05, 4.69) is 20.9 Å². The van der Waals surface area contributed by atoms with Crippen molar-refractivity contribution in [1.29, 1.82) is 0 Å². The normalized spacial score (nSPS) is 13.0. The van der Waals surface area contributed by atoms with Crippen LogP contribution in [0.1, 0.15) is 53.2 Å². The molecule has 1 unspecified atom stereocenters. The number of nitrogens with zero attached hydrogens (tertiary/aromatic N) is 1. The predicted octanol–water partition coefficient (Wildman–Crippen LogP) is 2.59. The first kappa shape index (κ1) is 24.6. The quantitative estimate of drug-likeness (QED) is 0.284. The highest BCUT2D eigenvalue weighted by molar-refractivity contribution is 5.79. The van der Waals surface area contributed by atoms with E-state index < -0.39 is 17.8 Å². The summed E-state index contributed by atoms with van der Waals surface area (Å²) in [6.45, 7) is 13.1. The highest BCUT2D eigenvalue weighted by atomic mass is 16.6. The molecule has 0 spiro atoms. The highest BCUT2D eigenvalue weighted by Gasteiger charge is 2.15. The van der Waals surface area contributed by atoms with Gasteiger partial charge in [0.15, 0.2) is 5.96 Å². The van der Waals surface area contributed by atoms with Crippen molar-refractivity contribution in [2.24, 2.45) is 4.99 Å². The predicted molar refractivity (Wildman–Crippen MR) is 115 cm³/mol. The zero-order valence-corrected chi connectivity index (χ0v) is 18.4. The molecule has 29 heavy (non-hydrogen) atoms. The lowest BCUT2D eigenvalue weighted by Crippen LogP contribution is -2.42. The zero-order valence-electron chi connectivity index (χ0n) is 18.4. The van der Waals surface area contributed by atoms with Gasteiger partial charge in [0.05, 0.1) is 18.8 Å². The van der Waals surface area contributed by atoms with E-state index in [0.717, 1.165) is 11.3 Å². The molecule has 0 heterocycles. The molecule has 8 nitrogen and oxygen atoms in total. The van der Waals surface area contributed by atoms with Crippen LogP contribution in [0.5, 0.6) is 5.75 Å². The molecule has 164 valence electrons. The Morgan fingerprint density at radius 3 is 2.48 bits per heavy atom. The largest absolute Gasteiger partial charge is 0.491 e. The number of ether oxygens (including phenoxy) is 2. The minimum Gasteiger partial charge on any atom is -0.491 e. The second-order valence-electron chi connectivity index (χ2n) is 7.83. The number of guanidine groups is 1. The average molecular weight is 409 g/mol. The number of amides is 1. The van der Waals surface area contributed by atoms with Gasteiger partial charge in [-0.3, -0.25) is 4.99 Å². The summed E-state index contributed by atoms with van der Waals surface area (Å²) in [4.78, 5) is 16.1. The van der Waals surface area contributed by atoms with Gasteiger partial charge in [0, 0.05) is 19.6 Å². The Morgan fingerprint density at radius 2 is 1.86 bits per heavy atom. The highest BCUT2D eigenvalue weighted by Crippen LogP contribution is 2.20. The molecule has 0 aliphatic heterocycles. The molecule has 0 saturated heterocycles. The van der Waals surface area contributed by atoms with Crippen LogP contribution < -0.4 is 20.7 Å². The molecular weight excluding hydrogens is 372 g/mol. The van der Waals surface area contributed by atoms with Crippen LogP contribution in [-0.4, -0.2) is 55.0 Å². The van der Waals surface area contributed by atoms with Crippen LogP contribution in [0.4, 0.5) is 4.79 Å². The number of carbonyl (C=O) groups is 1. The second kappa shape index (κ2) is 12.2. The van der Waals surface area contributed by atoms with Crippen molar-refractivity contribution in [3.63, 3.8) is 0 Å². The minimum absolute atomic E-state index is 0.0688. The van der Waals surface area contributed by atoms with Gasteiger partial charge in [-0.05, 0) is 59.2 Å². The fraction of sp³-hybridized carbons (Fsp3) is 0.619. The third-order valence-corrected chi connectivity index (χ3v) is 3.47.